The van der Waals surface area contributed by atoms with E-state index in [1.807, 2.05) is 0 Å². The lowest BCUT2D eigenvalue weighted by Crippen LogP contribution is -2.31. The second-order valence-electron chi connectivity index (χ2n) is 4.52. The molecule has 0 aromatic carbocycles. The molecule has 86 valence electrons. The molecule has 0 aliphatic heterocycles. The highest BCUT2D eigenvalue weighted by molar-refractivity contribution is 4.71. The van der Waals surface area contributed by atoms with Crippen molar-refractivity contribution in [3.63, 3.8) is 0 Å². The zero-order chi connectivity index (χ0) is 11.0. The second kappa shape index (κ2) is 8.25. The molecule has 0 fully saturated rings. The lowest BCUT2D eigenvalue weighted by Gasteiger charge is -2.24. The van der Waals surface area contributed by atoms with Gasteiger partial charge in [0.15, 0.2) is 0 Å². The van der Waals surface area contributed by atoms with Crippen molar-refractivity contribution in [2.75, 3.05) is 13.2 Å². The summed E-state index contributed by atoms with van der Waals surface area (Å²) in [5, 5.41) is 0. The summed E-state index contributed by atoms with van der Waals surface area (Å²) in [6.07, 6.45) is 3.48. The summed E-state index contributed by atoms with van der Waals surface area (Å²) < 4.78 is 5.55. The molecule has 0 aromatic rings. The number of unbranched alkanes of at least 4 members (excludes halogenated alkanes) is 1. The Morgan fingerprint density at radius 3 is 2.21 bits per heavy atom. The van der Waals surface area contributed by atoms with Crippen molar-refractivity contribution in [2.45, 2.75) is 53.0 Å². The van der Waals surface area contributed by atoms with E-state index >= 15 is 0 Å². The summed E-state index contributed by atoms with van der Waals surface area (Å²) in [5.41, 5.74) is 5.92. The molecule has 0 heterocycles. The molecule has 2 unspecified atom stereocenters. The first-order valence-corrected chi connectivity index (χ1v) is 5.92. The maximum atomic E-state index is 5.92. The average molecular weight is 201 g/mol. The van der Waals surface area contributed by atoms with Gasteiger partial charge in [0.2, 0.25) is 0 Å². The van der Waals surface area contributed by atoms with Crippen LogP contribution in [0.2, 0.25) is 0 Å². The van der Waals surface area contributed by atoms with Crippen molar-refractivity contribution in [1.29, 1.82) is 0 Å². The molecule has 2 heteroatoms. The molecule has 2 atom stereocenters. The van der Waals surface area contributed by atoms with Crippen LogP contribution >= 0.6 is 0 Å². The highest BCUT2D eigenvalue weighted by atomic mass is 16.5. The summed E-state index contributed by atoms with van der Waals surface area (Å²) in [6, 6.07) is 0.282. The summed E-state index contributed by atoms with van der Waals surface area (Å²) in [7, 11) is 0. The van der Waals surface area contributed by atoms with Gasteiger partial charge in [0.05, 0.1) is 0 Å². The van der Waals surface area contributed by atoms with Crippen molar-refractivity contribution < 1.29 is 4.74 Å². The van der Waals surface area contributed by atoms with E-state index in [0.29, 0.717) is 11.8 Å². The lowest BCUT2D eigenvalue weighted by molar-refractivity contribution is 0.106. The van der Waals surface area contributed by atoms with Gasteiger partial charge >= 0.3 is 0 Å². The monoisotopic (exact) mass is 201 g/mol. The van der Waals surface area contributed by atoms with Crippen molar-refractivity contribution in [3.8, 4) is 0 Å². The van der Waals surface area contributed by atoms with Crippen LogP contribution in [0.1, 0.15) is 47.0 Å². The van der Waals surface area contributed by atoms with Gasteiger partial charge in [-0.05, 0) is 31.6 Å². The predicted octanol–water partition coefficient (Wildman–Crippen LogP) is 2.81. The van der Waals surface area contributed by atoms with Crippen molar-refractivity contribution in [2.24, 2.45) is 17.6 Å². The second-order valence-corrected chi connectivity index (χ2v) is 4.52. The Morgan fingerprint density at radius 1 is 1.14 bits per heavy atom. The largest absolute Gasteiger partial charge is 0.381 e. The first-order chi connectivity index (χ1) is 6.59. The quantitative estimate of drug-likeness (QED) is 0.613. The predicted molar refractivity (Wildman–Crippen MR) is 62.3 cm³/mol. The van der Waals surface area contributed by atoms with Gasteiger partial charge in [-0.25, -0.2) is 0 Å². The normalized spacial score (nSPS) is 15.9. The fourth-order valence-electron chi connectivity index (χ4n) is 1.77. The lowest BCUT2D eigenvalue weighted by atomic mass is 9.87. The third-order valence-electron chi connectivity index (χ3n) is 2.77. The van der Waals surface area contributed by atoms with Crippen LogP contribution in [0.4, 0.5) is 0 Å². The summed E-state index contributed by atoms with van der Waals surface area (Å²) in [5.74, 6) is 1.25. The minimum Gasteiger partial charge on any atom is -0.381 e. The van der Waals surface area contributed by atoms with Crippen molar-refractivity contribution in [1.82, 2.24) is 0 Å². The molecule has 14 heavy (non-hydrogen) atoms. The molecule has 0 bridgehead atoms. The number of ether oxygens (including phenoxy) is 1. The zero-order valence-corrected chi connectivity index (χ0v) is 10.3. The fourth-order valence-corrected chi connectivity index (χ4v) is 1.77. The number of hydrogen-bond donors (Lipinski definition) is 1. The van der Waals surface area contributed by atoms with Crippen molar-refractivity contribution in [3.05, 3.63) is 0 Å². The van der Waals surface area contributed by atoms with Gasteiger partial charge < -0.3 is 10.5 Å². The van der Waals surface area contributed by atoms with E-state index in [9.17, 15) is 0 Å². The molecule has 0 saturated carbocycles. The van der Waals surface area contributed by atoms with Gasteiger partial charge in [-0.2, -0.15) is 0 Å². The Bertz CT molecular complexity index is 115. The number of rotatable bonds is 8. The highest BCUT2D eigenvalue weighted by Crippen LogP contribution is 2.18. The van der Waals surface area contributed by atoms with E-state index in [2.05, 4.69) is 27.7 Å². The van der Waals surface area contributed by atoms with Gasteiger partial charge in [0.25, 0.3) is 0 Å². The first kappa shape index (κ1) is 13.9. The maximum Gasteiger partial charge on any atom is 0.0469 e. The first-order valence-electron chi connectivity index (χ1n) is 5.92. The standard InChI is InChI=1S/C12H27NO/c1-5-6-8-14-9-7-12(10(2)3)11(4)13/h10-12H,5-9,13H2,1-4H3. The Kier molecular flexibility index (Phi) is 8.20. The topological polar surface area (TPSA) is 35.2 Å². The Hall–Kier alpha value is -0.0800. The summed E-state index contributed by atoms with van der Waals surface area (Å²) >= 11 is 0. The van der Waals surface area contributed by atoms with Crippen LogP contribution in [-0.4, -0.2) is 19.3 Å². The molecule has 0 rings (SSSR count). The molecule has 0 aliphatic rings. The average Bonchev–Trinajstić information content (AvgIpc) is 2.09. The van der Waals surface area contributed by atoms with E-state index in [-0.39, 0.29) is 6.04 Å². The Morgan fingerprint density at radius 2 is 1.79 bits per heavy atom. The van der Waals surface area contributed by atoms with Crippen LogP contribution in [0.5, 0.6) is 0 Å². The highest BCUT2D eigenvalue weighted by Gasteiger charge is 2.17. The molecule has 2 nitrogen and oxygen atoms in total. The summed E-state index contributed by atoms with van der Waals surface area (Å²) in [6.45, 7) is 10.5. The van der Waals surface area contributed by atoms with E-state index < -0.39 is 0 Å². The van der Waals surface area contributed by atoms with Crippen LogP contribution in [0.25, 0.3) is 0 Å². The molecule has 0 aromatic heterocycles. The smallest absolute Gasteiger partial charge is 0.0469 e. The molecule has 0 amide bonds. The van der Waals surface area contributed by atoms with Crippen LogP contribution < -0.4 is 5.73 Å². The third-order valence-corrected chi connectivity index (χ3v) is 2.77. The Labute approximate surface area is 89.2 Å². The van der Waals surface area contributed by atoms with E-state index in [0.717, 1.165) is 19.6 Å². The fraction of sp³-hybridized carbons (Fsp3) is 1.00. The zero-order valence-electron chi connectivity index (χ0n) is 10.3. The van der Waals surface area contributed by atoms with Gasteiger partial charge in [-0.3, -0.25) is 0 Å². The minimum absolute atomic E-state index is 0.282. The molecule has 0 aliphatic carbocycles. The van der Waals surface area contributed by atoms with Gasteiger partial charge in [0.1, 0.15) is 0 Å². The van der Waals surface area contributed by atoms with Gasteiger partial charge in [0, 0.05) is 19.3 Å². The van der Waals surface area contributed by atoms with Crippen molar-refractivity contribution >= 4 is 0 Å². The van der Waals surface area contributed by atoms with E-state index in [4.69, 9.17) is 10.5 Å². The number of nitrogens with two attached hydrogens (primary N) is 1. The number of hydrogen-bond acceptors (Lipinski definition) is 2. The molecule has 0 radical (unpaired) electrons. The van der Waals surface area contributed by atoms with E-state index in [1.54, 1.807) is 0 Å². The molecule has 0 saturated heterocycles. The summed E-state index contributed by atoms with van der Waals surface area (Å²) in [4.78, 5) is 0. The molecule has 0 spiro atoms. The van der Waals surface area contributed by atoms with Crippen LogP contribution in [0, 0.1) is 11.8 Å². The van der Waals surface area contributed by atoms with Gasteiger partial charge in [-0.1, -0.05) is 27.2 Å². The third kappa shape index (κ3) is 6.39. The van der Waals surface area contributed by atoms with Crippen LogP contribution in [0.3, 0.4) is 0 Å². The van der Waals surface area contributed by atoms with Crippen LogP contribution in [0.15, 0.2) is 0 Å². The molecular weight excluding hydrogens is 174 g/mol. The van der Waals surface area contributed by atoms with Gasteiger partial charge in [-0.15, -0.1) is 0 Å². The molecular formula is C12H27NO. The van der Waals surface area contributed by atoms with E-state index in [1.165, 1.54) is 12.8 Å². The SMILES string of the molecule is CCCCOCCC(C(C)C)C(C)N. The molecule has 2 N–H and O–H groups in total. The Balaban J connectivity index is 3.52. The maximum absolute atomic E-state index is 5.92. The van der Waals surface area contributed by atoms with Crippen LogP contribution in [-0.2, 0) is 4.74 Å². The minimum atomic E-state index is 0.282.